The summed E-state index contributed by atoms with van der Waals surface area (Å²) in [4.78, 5) is 16.8. The fraction of sp³-hybridized carbons (Fsp3) is 0.125. The lowest BCUT2D eigenvalue weighted by Gasteiger charge is -2.07. The number of pyridine rings is 1. The molecular weight excluding hydrogens is 271 g/mol. The highest BCUT2D eigenvalue weighted by molar-refractivity contribution is 5.91. The van der Waals surface area contributed by atoms with E-state index in [0.29, 0.717) is 11.3 Å². The summed E-state index contributed by atoms with van der Waals surface area (Å²) in [5.41, 5.74) is 0.584. The number of rotatable bonds is 4. The molecule has 4 nitrogen and oxygen atoms in total. The summed E-state index contributed by atoms with van der Waals surface area (Å²) >= 11 is 0. The first-order valence-corrected chi connectivity index (χ1v) is 6.33. The molecule has 0 radical (unpaired) electrons. The van der Waals surface area contributed by atoms with Crippen LogP contribution in [-0.4, -0.2) is 29.9 Å². The molecule has 0 unspecified atom stereocenters. The first-order valence-electron chi connectivity index (χ1n) is 6.33. The van der Waals surface area contributed by atoms with Gasteiger partial charge in [0.05, 0.1) is 6.20 Å². The lowest BCUT2D eigenvalue weighted by Crippen LogP contribution is -2.18. The quantitative estimate of drug-likeness (QED) is 0.811. The van der Waals surface area contributed by atoms with Crippen molar-refractivity contribution in [3.8, 4) is 11.5 Å². The third-order valence-corrected chi connectivity index (χ3v) is 2.68. The molecule has 0 saturated carbocycles. The Balaban J connectivity index is 2.12. The molecule has 1 aromatic heterocycles. The summed E-state index contributed by atoms with van der Waals surface area (Å²) in [6.07, 6.45) is 6.05. The van der Waals surface area contributed by atoms with Crippen LogP contribution in [0.2, 0.25) is 0 Å². The molecule has 0 spiro atoms. The lowest BCUT2D eigenvalue weighted by atomic mass is 10.2. The van der Waals surface area contributed by atoms with E-state index < -0.39 is 5.82 Å². The Kier molecular flexibility index (Phi) is 4.66. The smallest absolute Gasteiger partial charge is 0.246 e. The van der Waals surface area contributed by atoms with E-state index >= 15 is 0 Å². The van der Waals surface area contributed by atoms with Crippen LogP contribution >= 0.6 is 0 Å². The fourth-order valence-electron chi connectivity index (χ4n) is 1.55. The van der Waals surface area contributed by atoms with Crippen molar-refractivity contribution < 1.29 is 13.9 Å². The highest BCUT2D eigenvalue weighted by atomic mass is 19.1. The molecular formula is C16H15FN2O2. The summed E-state index contributed by atoms with van der Waals surface area (Å²) < 4.78 is 19.3. The van der Waals surface area contributed by atoms with Gasteiger partial charge in [-0.25, -0.2) is 4.39 Å². The van der Waals surface area contributed by atoms with Crippen molar-refractivity contribution in [1.29, 1.82) is 0 Å². The third kappa shape index (κ3) is 4.14. The molecule has 1 heterocycles. The Hall–Kier alpha value is -2.69. The number of likely N-dealkylation sites (N-methyl/N-ethyl adjacent to an activating group) is 1. The van der Waals surface area contributed by atoms with Gasteiger partial charge in [0.2, 0.25) is 5.91 Å². The van der Waals surface area contributed by atoms with Crippen molar-refractivity contribution in [1.82, 2.24) is 9.88 Å². The number of hydrogen-bond donors (Lipinski definition) is 0. The predicted molar refractivity (Wildman–Crippen MR) is 78.4 cm³/mol. The maximum atomic E-state index is 13.9. The Labute approximate surface area is 122 Å². The highest BCUT2D eigenvalue weighted by Gasteiger charge is 2.05. The zero-order valence-corrected chi connectivity index (χ0v) is 11.8. The standard InChI is InChI=1S/C16H15FN2O2/c1-19(2)16(20)8-6-12-5-7-15(14(17)10-12)21-13-4-3-9-18-11-13/h3-11H,1-2H3. The fourth-order valence-corrected chi connectivity index (χ4v) is 1.55. The van der Waals surface area contributed by atoms with Crippen LogP contribution in [0.15, 0.2) is 48.8 Å². The van der Waals surface area contributed by atoms with E-state index in [-0.39, 0.29) is 11.7 Å². The van der Waals surface area contributed by atoms with Gasteiger partial charge in [-0.1, -0.05) is 6.07 Å². The number of amides is 1. The summed E-state index contributed by atoms with van der Waals surface area (Å²) in [7, 11) is 3.30. The third-order valence-electron chi connectivity index (χ3n) is 2.68. The van der Waals surface area contributed by atoms with E-state index in [1.807, 2.05) is 0 Å². The van der Waals surface area contributed by atoms with E-state index in [2.05, 4.69) is 4.98 Å². The molecule has 2 rings (SSSR count). The maximum Gasteiger partial charge on any atom is 0.246 e. The topological polar surface area (TPSA) is 42.4 Å². The van der Waals surface area contributed by atoms with Crippen molar-refractivity contribution in [3.05, 3.63) is 60.2 Å². The molecule has 21 heavy (non-hydrogen) atoms. The largest absolute Gasteiger partial charge is 0.453 e. The van der Waals surface area contributed by atoms with Crippen LogP contribution in [0, 0.1) is 5.82 Å². The maximum absolute atomic E-state index is 13.9. The number of halogens is 1. The monoisotopic (exact) mass is 286 g/mol. The van der Waals surface area contributed by atoms with Crippen molar-refractivity contribution in [2.24, 2.45) is 0 Å². The molecule has 0 bridgehead atoms. The first kappa shape index (κ1) is 14.7. The van der Waals surface area contributed by atoms with Crippen molar-refractivity contribution in [2.75, 3.05) is 14.1 Å². The molecule has 0 aliphatic carbocycles. The van der Waals surface area contributed by atoms with Crippen molar-refractivity contribution >= 4 is 12.0 Å². The zero-order chi connectivity index (χ0) is 15.2. The second-order valence-corrected chi connectivity index (χ2v) is 4.55. The van der Waals surface area contributed by atoms with Gasteiger partial charge in [0.1, 0.15) is 5.75 Å². The molecule has 0 saturated heterocycles. The van der Waals surface area contributed by atoms with Gasteiger partial charge in [-0.15, -0.1) is 0 Å². The number of hydrogen-bond acceptors (Lipinski definition) is 3. The molecule has 0 aliphatic heterocycles. The van der Waals surface area contributed by atoms with Crippen LogP contribution < -0.4 is 4.74 Å². The molecule has 0 fully saturated rings. The van der Waals surface area contributed by atoms with Gasteiger partial charge in [-0.3, -0.25) is 9.78 Å². The lowest BCUT2D eigenvalue weighted by molar-refractivity contribution is -0.123. The zero-order valence-electron chi connectivity index (χ0n) is 11.8. The van der Waals surface area contributed by atoms with E-state index in [9.17, 15) is 9.18 Å². The molecule has 108 valence electrons. The van der Waals surface area contributed by atoms with Gasteiger partial charge in [-0.05, 0) is 35.9 Å². The number of nitrogens with zero attached hydrogens (tertiary/aromatic N) is 2. The predicted octanol–water partition coefficient (Wildman–Crippen LogP) is 3.11. The molecule has 5 heteroatoms. The van der Waals surface area contributed by atoms with Gasteiger partial charge in [-0.2, -0.15) is 0 Å². The summed E-state index contributed by atoms with van der Waals surface area (Å²) in [6.45, 7) is 0. The molecule has 0 atom stereocenters. The van der Waals surface area contributed by atoms with Crippen molar-refractivity contribution in [3.63, 3.8) is 0 Å². The van der Waals surface area contributed by atoms with Crippen LogP contribution in [0.1, 0.15) is 5.56 Å². The Morgan fingerprint density at radius 2 is 2.14 bits per heavy atom. The average Bonchev–Trinajstić information content (AvgIpc) is 2.48. The second-order valence-electron chi connectivity index (χ2n) is 4.55. The van der Waals surface area contributed by atoms with Gasteiger partial charge < -0.3 is 9.64 Å². The minimum Gasteiger partial charge on any atom is -0.453 e. The Morgan fingerprint density at radius 1 is 1.33 bits per heavy atom. The normalized spacial score (nSPS) is 10.6. The minimum atomic E-state index is -0.502. The van der Waals surface area contributed by atoms with Crippen LogP contribution in [0.5, 0.6) is 11.5 Å². The highest BCUT2D eigenvalue weighted by Crippen LogP contribution is 2.24. The first-order chi connectivity index (χ1) is 10.1. The van der Waals surface area contributed by atoms with Crippen LogP contribution in [0.4, 0.5) is 4.39 Å². The van der Waals surface area contributed by atoms with Crippen molar-refractivity contribution in [2.45, 2.75) is 0 Å². The summed E-state index contributed by atoms with van der Waals surface area (Å²) in [5.74, 6) is -0.0917. The molecule has 0 aliphatic rings. The van der Waals surface area contributed by atoms with Crippen LogP contribution in [0.25, 0.3) is 6.08 Å². The number of aromatic nitrogens is 1. The molecule has 0 N–H and O–H groups in total. The van der Waals surface area contributed by atoms with Gasteiger partial charge >= 0.3 is 0 Å². The summed E-state index contributed by atoms with van der Waals surface area (Å²) in [6, 6.07) is 7.90. The van der Waals surface area contributed by atoms with E-state index in [0.717, 1.165) is 0 Å². The number of carbonyl (C=O) groups is 1. The van der Waals surface area contributed by atoms with Gasteiger partial charge in [0, 0.05) is 26.4 Å². The van der Waals surface area contributed by atoms with Crippen LogP contribution in [-0.2, 0) is 4.79 Å². The van der Waals surface area contributed by atoms with E-state index in [1.165, 1.54) is 29.3 Å². The van der Waals surface area contributed by atoms with Crippen LogP contribution in [0.3, 0.4) is 0 Å². The molecule has 1 aromatic carbocycles. The number of ether oxygens (including phenoxy) is 1. The average molecular weight is 286 g/mol. The second kappa shape index (κ2) is 6.65. The number of carbonyl (C=O) groups excluding carboxylic acids is 1. The SMILES string of the molecule is CN(C)C(=O)C=Cc1ccc(Oc2cccnc2)c(F)c1. The van der Waals surface area contributed by atoms with Gasteiger partial charge in [0.25, 0.3) is 0 Å². The summed E-state index contributed by atoms with van der Waals surface area (Å²) in [5, 5.41) is 0. The van der Waals surface area contributed by atoms with E-state index in [1.54, 1.807) is 44.6 Å². The minimum absolute atomic E-state index is 0.110. The number of benzene rings is 1. The van der Waals surface area contributed by atoms with E-state index in [4.69, 9.17) is 4.74 Å². The molecule has 1 amide bonds. The molecule has 2 aromatic rings. The Morgan fingerprint density at radius 3 is 2.76 bits per heavy atom. The Bertz CT molecular complexity index is 655. The van der Waals surface area contributed by atoms with Gasteiger partial charge in [0.15, 0.2) is 11.6 Å².